The number of rotatable bonds is 6. The van der Waals surface area contributed by atoms with Crippen LogP contribution in [0.1, 0.15) is 13.8 Å². The first-order valence-corrected chi connectivity index (χ1v) is 9.48. The third kappa shape index (κ3) is 3.94. The number of imidazole rings is 1. The predicted octanol–water partition coefficient (Wildman–Crippen LogP) is 2.01. The normalized spacial score (nSPS) is 11.5. The van der Waals surface area contributed by atoms with Gasteiger partial charge in [0.2, 0.25) is 29.6 Å². The maximum atomic E-state index is 12.9. The zero-order valence-electron chi connectivity index (χ0n) is 15.4. The summed E-state index contributed by atoms with van der Waals surface area (Å²) in [7, 11) is 2.90. The number of amides is 1. The van der Waals surface area contributed by atoms with Crippen molar-refractivity contribution < 1.29 is 14.3 Å². The van der Waals surface area contributed by atoms with E-state index in [4.69, 9.17) is 15.2 Å². The topological polar surface area (TPSA) is 154 Å². The zero-order chi connectivity index (χ0) is 20.5. The van der Waals surface area contributed by atoms with Crippen molar-refractivity contribution in [3.05, 3.63) is 10.8 Å². The molecular formula is C15H17BrN8O3S. The van der Waals surface area contributed by atoms with Crippen molar-refractivity contribution in [2.24, 2.45) is 0 Å². The van der Waals surface area contributed by atoms with E-state index < -0.39 is 4.75 Å². The highest BCUT2D eigenvalue weighted by Crippen LogP contribution is 2.36. The van der Waals surface area contributed by atoms with Crippen molar-refractivity contribution in [1.29, 1.82) is 0 Å². The molecule has 11 nitrogen and oxygen atoms in total. The molecule has 13 heteroatoms. The first-order valence-electron chi connectivity index (χ1n) is 7.87. The van der Waals surface area contributed by atoms with Crippen LogP contribution >= 0.6 is 27.7 Å². The molecule has 1 amide bonds. The summed E-state index contributed by atoms with van der Waals surface area (Å²) in [5.41, 5.74) is 6.77. The Morgan fingerprint density at radius 1 is 1.21 bits per heavy atom. The number of hydrogen-bond donors (Lipinski definition) is 3. The first kappa shape index (κ1) is 20.1. The summed E-state index contributed by atoms with van der Waals surface area (Å²) in [5.74, 6) is 0.230. The van der Waals surface area contributed by atoms with Crippen LogP contribution in [0.2, 0.25) is 0 Å². The summed E-state index contributed by atoms with van der Waals surface area (Å²) in [6.07, 6.45) is 1.49. The van der Waals surface area contributed by atoms with Gasteiger partial charge >= 0.3 is 0 Å². The van der Waals surface area contributed by atoms with Crippen molar-refractivity contribution in [3.63, 3.8) is 0 Å². The highest BCUT2D eigenvalue weighted by atomic mass is 79.9. The van der Waals surface area contributed by atoms with E-state index in [1.807, 2.05) is 0 Å². The lowest BCUT2D eigenvalue weighted by Crippen LogP contribution is -2.34. The minimum absolute atomic E-state index is 0.0458. The van der Waals surface area contributed by atoms with Gasteiger partial charge in [0.05, 0.1) is 25.3 Å². The second-order valence-corrected chi connectivity index (χ2v) is 8.34. The number of nitrogens with two attached hydrogens (primary N) is 1. The molecule has 0 unspecified atom stereocenters. The summed E-state index contributed by atoms with van der Waals surface area (Å²) in [5, 5.41) is 3.18. The van der Waals surface area contributed by atoms with Crippen LogP contribution in [0.25, 0.3) is 11.2 Å². The van der Waals surface area contributed by atoms with Crippen LogP contribution in [0.4, 0.5) is 11.9 Å². The van der Waals surface area contributed by atoms with E-state index in [1.165, 1.54) is 32.3 Å². The van der Waals surface area contributed by atoms with Crippen LogP contribution < -0.4 is 20.5 Å². The Morgan fingerprint density at radius 2 is 1.86 bits per heavy atom. The molecule has 28 heavy (non-hydrogen) atoms. The molecule has 3 aromatic heterocycles. The van der Waals surface area contributed by atoms with Crippen LogP contribution in [0, 0.1) is 0 Å². The van der Waals surface area contributed by atoms with Crippen LogP contribution in [0.3, 0.4) is 0 Å². The first-order chi connectivity index (χ1) is 13.2. The Bertz CT molecular complexity index is 1020. The number of nitrogens with one attached hydrogen (secondary N) is 2. The number of aromatic amines is 1. The van der Waals surface area contributed by atoms with Crippen molar-refractivity contribution in [3.8, 4) is 11.8 Å². The highest BCUT2D eigenvalue weighted by molar-refractivity contribution is 9.10. The van der Waals surface area contributed by atoms with E-state index in [0.29, 0.717) is 20.7 Å². The number of methoxy groups -OCH3 is 2. The van der Waals surface area contributed by atoms with E-state index in [2.05, 4.69) is 51.2 Å². The van der Waals surface area contributed by atoms with Crippen molar-refractivity contribution >= 4 is 56.7 Å². The Kier molecular flexibility index (Phi) is 5.56. The monoisotopic (exact) mass is 468 g/mol. The summed E-state index contributed by atoms with van der Waals surface area (Å²) in [6.45, 7) is 3.47. The van der Waals surface area contributed by atoms with Crippen LogP contribution in [0.15, 0.2) is 15.8 Å². The van der Waals surface area contributed by atoms with E-state index >= 15 is 0 Å². The third-order valence-electron chi connectivity index (χ3n) is 3.57. The molecule has 3 rings (SSSR count). The Balaban J connectivity index is 1.86. The van der Waals surface area contributed by atoms with Gasteiger partial charge in [-0.25, -0.2) is 9.97 Å². The van der Waals surface area contributed by atoms with Crippen molar-refractivity contribution in [2.75, 3.05) is 25.3 Å². The van der Waals surface area contributed by atoms with Crippen LogP contribution in [-0.4, -0.2) is 54.8 Å². The number of ether oxygens (including phenoxy) is 2. The number of aromatic nitrogens is 6. The molecular weight excluding hydrogens is 452 g/mol. The second-order valence-electron chi connectivity index (χ2n) is 5.93. The minimum atomic E-state index is -0.949. The molecule has 148 valence electrons. The fraction of sp³-hybridized carbons (Fsp3) is 0.333. The van der Waals surface area contributed by atoms with Gasteiger partial charge in [-0.2, -0.15) is 15.0 Å². The Morgan fingerprint density at radius 3 is 2.46 bits per heavy atom. The average molecular weight is 469 g/mol. The second kappa shape index (κ2) is 7.75. The summed E-state index contributed by atoms with van der Waals surface area (Å²) >= 11 is 4.49. The zero-order valence-corrected chi connectivity index (χ0v) is 17.8. The summed E-state index contributed by atoms with van der Waals surface area (Å²) < 4.78 is 9.83. The molecule has 0 bridgehead atoms. The molecule has 0 aromatic carbocycles. The third-order valence-corrected chi connectivity index (χ3v) is 5.43. The fourth-order valence-corrected chi connectivity index (χ4v) is 3.69. The minimum Gasteiger partial charge on any atom is -0.480 e. The van der Waals surface area contributed by atoms with Gasteiger partial charge in [-0.1, -0.05) is 11.8 Å². The van der Waals surface area contributed by atoms with Gasteiger partial charge in [0.25, 0.3) is 0 Å². The number of H-pyrrole nitrogens is 1. The quantitative estimate of drug-likeness (QED) is 0.361. The van der Waals surface area contributed by atoms with Gasteiger partial charge in [-0.3, -0.25) is 10.1 Å². The number of carbonyl (C=O) groups is 1. The van der Waals surface area contributed by atoms with Gasteiger partial charge in [0.1, 0.15) is 15.0 Å². The number of thioether (sulfide) groups is 1. The van der Waals surface area contributed by atoms with E-state index in [1.54, 1.807) is 13.8 Å². The predicted molar refractivity (Wildman–Crippen MR) is 107 cm³/mol. The molecule has 0 saturated carbocycles. The summed E-state index contributed by atoms with van der Waals surface area (Å²) in [4.78, 5) is 36.5. The SMILES string of the molecule is COc1nc(NC(=O)C(C)(C)Sc2nc(N)nc3nc[nH]c23)nc(OC)c1Br. The molecule has 0 radical (unpaired) electrons. The van der Waals surface area contributed by atoms with E-state index in [9.17, 15) is 4.79 Å². The molecule has 0 aliphatic rings. The molecule has 3 heterocycles. The van der Waals surface area contributed by atoms with Crippen LogP contribution in [0.5, 0.6) is 11.8 Å². The van der Waals surface area contributed by atoms with E-state index in [-0.39, 0.29) is 29.6 Å². The maximum absolute atomic E-state index is 12.9. The molecule has 0 saturated heterocycles. The standard InChI is InChI=1S/C15H17BrN8O3S/c1-15(2,28-11-7-8(19-5-18-7)20-13(17)23-11)12(25)24-14-21-9(26-3)6(16)10(22-14)27-4/h5H,1-4H3,(H,21,22,24,25)(H3,17,18,19,20,23). The molecule has 4 N–H and O–H groups in total. The number of nitrogen functional groups attached to an aromatic ring is 1. The number of anilines is 2. The van der Waals surface area contributed by atoms with Crippen molar-refractivity contribution in [2.45, 2.75) is 23.6 Å². The van der Waals surface area contributed by atoms with Gasteiger partial charge in [0, 0.05) is 0 Å². The van der Waals surface area contributed by atoms with Gasteiger partial charge in [-0.15, -0.1) is 0 Å². The molecule has 0 spiro atoms. The maximum Gasteiger partial charge on any atom is 0.242 e. The lowest BCUT2D eigenvalue weighted by atomic mass is 10.2. The largest absolute Gasteiger partial charge is 0.480 e. The fourth-order valence-electron chi connectivity index (χ4n) is 2.17. The Hall–Kier alpha value is -2.67. The summed E-state index contributed by atoms with van der Waals surface area (Å²) in [6, 6.07) is 0. The smallest absolute Gasteiger partial charge is 0.242 e. The number of carbonyl (C=O) groups excluding carboxylic acids is 1. The van der Waals surface area contributed by atoms with Crippen molar-refractivity contribution in [1.82, 2.24) is 29.9 Å². The molecule has 0 aliphatic carbocycles. The average Bonchev–Trinajstić information content (AvgIpc) is 3.11. The number of fused-ring (bicyclic) bond motifs is 1. The van der Waals surface area contributed by atoms with Gasteiger partial charge < -0.3 is 20.2 Å². The lowest BCUT2D eigenvalue weighted by molar-refractivity contribution is -0.117. The van der Waals surface area contributed by atoms with Gasteiger partial charge in [-0.05, 0) is 29.8 Å². The lowest BCUT2D eigenvalue weighted by Gasteiger charge is -2.22. The highest BCUT2D eigenvalue weighted by Gasteiger charge is 2.32. The molecule has 0 aliphatic heterocycles. The number of hydrogen-bond acceptors (Lipinski definition) is 10. The molecule has 0 fully saturated rings. The van der Waals surface area contributed by atoms with E-state index in [0.717, 1.165) is 0 Å². The van der Waals surface area contributed by atoms with Crippen LogP contribution in [-0.2, 0) is 4.79 Å². The van der Waals surface area contributed by atoms with Gasteiger partial charge in [0.15, 0.2) is 5.65 Å². The molecule has 0 atom stereocenters. The molecule has 3 aromatic rings. The number of halogens is 1. The number of nitrogens with zero attached hydrogens (tertiary/aromatic N) is 5. The Labute approximate surface area is 172 Å².